The van der Waals surface area contributed by atoms with Crippen LogP contribution in [0.1, 0.15) is 32.7 Å². The molecular weight excluding hydrogens is 446 g/mol. The van der Waals surface area contributed by atoms with E-state index in [1.807, 2.05) is 73.8 Å². The normalized spacial score (nSPS) is 12.5. The molecule has 5 nitrogen and oxygen atoms in total. The molecule has 0 unspecified atom stereocenters. The van der Waals surface area contributed by atoms with Crippen molar-refractivity contribution in [2.24, 2.45) is 0 Å². The molecule has 1 aromatic heterocycles. The van der Waals surface area contributed by atoms with Crippen LogP contribution in [0.25, 0.3) is 0 Å². The molecule has 34 heavy (non-hydrogen) atoms. The standard InChI is InChI=1S/C28H24ClN3O2/c1-19-7-2-3-8-20(19)16-27(33)30-25-13-12-21(15-24(25)29)28(34)32-18-23-10-6-14-31(23)17-22-9-4-5-11-26(22)32/h2-15H,16-18H2,1H3,(H,30,33). The number of amides is 2. The fourth-order valence-electron chi connectivity index (χ4n) is 4.35. The number of aromatic nitrogens is 1. The minimum atomic E-state index is -0.155. The summed E-state index contributed by atoms with van der Waals surface area (Å²) >= 11 is 6.50. The topological polar surface area (TPSA) is 54.3 Å². The summed E-state index contributed by atoms with van der Waals surface area (Å²) in [6.45, 7) is 3.16. The summed E-state index contributed by atoms with van der Waals surface area (Å²) < 4.78 is 2.16. The Labute approximate surface area is 203 Å². The summed E-state index contributed by atoms with van der Waals surface area (Å²) in [6, 6.07) is 24.8. The lowest BCUT2D eigenvalue weighted by Gasteiger charge is -2.23. The van der Waals surface area contributed by atoms with Gasteiger partial charge < -0.3 is 14.8 Å². The minimum absolute atomic E-state index is 0.137. The van der Waals surface area contributed by atoms with Crippen LogP contribution in [0.4, 0.5) is 11.4 Å². The van der Waals surface area contributed by atoms with E-state index >= 15 is 0 Å². The van der Waals surface area contributed by atoms with Crippen LogP contribution in [0.5, 0.6) is 0 Å². The number of hydrogen-bond donors (Lipinski definition) is 1. The van der Waals surface area contributed by atoms with Crippen LogP contribution in [0.15, 0.2) is 85.1 Å². The van der Waals surface area contributed by atoms with Crippen LogP contribution in [0, 0.1) is 6.92 Å². The molecule has 0 saturated heterocycles. The van der Waals surface area contributed by atoms with Crippen LogP contribution in [-0.4, -0.2) is 16.4 Å². The average molecular weight is 470 g/mol. The Bertz CT molecular complexity index is 1390. The third kappa shape index (κ3) is 4.35. The molecule has 1 N–H and O–H groups in total. The fourth-order valence-corrected chi connectivity index (χ4v) is 4.58. The molecule has 170 valence electrons. The number of aryl methyl sites for hydroxylation is 1. The molecule has 6 heteroatoms. The molecule has 0 saturated carbocycles. The number of fused-ring (bicyclic) bond motifs is 2. The van der Waals surface area contributed by atoms with Crippen molar-refractivity contribution < 1.29 is 9.59 Å². The third-order valence-electron chi connectivity index (χ3n) is 6.21. The molecule has 0 aliphatic carbocycles. The number of nitrogens with one attached hydrogen (secondary N) is 1. The smallest absolute Gasteiger partial charge is 0.258 e. The van der Waals surface area contributed by atoms with Crippen molar-refractivity contribution >= 4 is 34.8 Å². The second-order valence-corrected chi connectivity index (χ2v) is 8.90. The van der Waals surface area contributed by atoms with E-state index in [1.54, 1.807) is 23.1 Å². The first kappa shape index (κ1) is 22.0. The van der Waals surface area contributed by atoms with E-state index < -0.39 is 0 Å². The van der Waals surface area contributed by atoms with Crippen LogP contribution in [0.3, 0.4) is 0 Å². The van der Waals surface area contributed by atoms with Gasteiger partial charge in [0, 0.05) is 29.7 Å². The molecule has 2 amide bonds. The predicted molar refractivity (Wildman–Crippen MR) is 135 cm³/mol. The maximum Gasteiger partial charge on any atom is 0.258 e. The van der Waals surface area contributed by atoms with Crippen molar-refractivity contribution in [3.05, 3.63) is 118 Å². The van der Waals surface area contributed by atoms with Gasteiger partial charge in [-0.25, -0.2) is 0 Å². The first-order valence-corrected chi connectivity index (χ1v) is 11.5. The monoisotopic (exact) mass is 469 g/mol. The number of nitrogens with zero attached hydrogens (tertiary/aromatic N) is 2. The predicted octanol–water partition coefficient (Wildman–Crippen LogP) is 5.84. The quantitative estimate of drug-likeness (QED) is 0.408. The number of para-hydroxylation sites is 1. The Morgan fingerprint density at radius 1 is 0.941 bits per heavy atom. The maximum absolute atomic E-state index is 13.6. The highest BCUT2D eigenvalue weighted by molar-refractivity contribution is 6.34. The van der Waals surface area contributed by atoms with Gasteiger partial charge in [0.1, 0.15) is 0 Å². The highest BCUT2D eigenvalue weighted by Gasteiger charge is 2.25. The SMILES string of the molecule is Cc1ccccc1CC(=O)Nc1ccc(C(=O)N2Cc3cccn3Cc3ccccc32)cc1Cl. The van der Waals surface area contributed by atoms with Crippen molar-refractivity contribution in [2.75, 3.05) is 10.2 Å². The van der Waals surface area contributed by atoms with Crippen molar-refractivity contribution in [2.45, 2.75) is 26.4 Å². The second-order valence-electron chi connectivity index (χ2n) is 8.49. The van der Waals surface area contributed by atoms with Crippen LogP contribution in [0.2, 0.25) is 5.02 Å². The molecule has 0 spiro atoms. The van der Waals surface area contributed by atoms with Gasteiger partial charge in [0.25, 0.3) is 5.91 Å². The Morgan fingerprint density at radius 2 is 1.74 bits per heavy atom. The van der Waals surface area contributed by atoms with Crippen molar-refractivity contribution in [1.82, 2.24) is 4.57 Å². The van der Waals surface area contributed by atoms with Gasteiger partial charge >= 0.3 is 0 Å². The van der Waals surface area contributed by atoms with E-state index in [0.717, 1.165) is 34.6 Å². The van der Waals surface area contributed by atoms with Crippen LogP contribution in [-0.2, 0) is 24.3 Å². The van der Waals surface area contributed by atoms with Gasteiger partial charge in [-0.2, -0.15) is 0 Å². The summed E-state index contributed by atoms with van der Waals surface area (Å²) in [6.07, 6.45) is 2.29. The number of carbonyl (C=O) groups is 2. The zero-order chi connectivity index (χ0) is 23.7. The first-order chi connectivity index (χ1) is 16.5. The molecule has 2 heterocycles. The molecule has 1 aliphatic heterocycles. The molecule has 0 radical (unpaired) electrons. The summed E-state index contributed by atoms with van der Waals surface area (Å²) in [7, 11) is 0. The Kier molecular flexibility index (Phi) is 5.95. The Hall–Kier alpha value is -3.83. The summed E-state index contributed by atoms with van der Waals surface area (Å²) in [4.78, 5) is 27.9. The lowest BCUT2D eigenvalue weighted by Crippen LogP contribution is -2.30. The summed E-state index contributed by atoms with van der Waals surface area (Å²) in [5.41, 5.74) is 6.02. The minimum Gasteiger partial charge on any atom is -0.345 e. The number of rotatable bonds is 4. The Balaban J connectivity index is 1.37. The van der Waals surface area contributed by atoms with Gasteiger partial charge in [0.15, 0.2) is 0 Å². The van der Waals surface area contributed by atoms with Crippen molar-refractivity contribution in [3.63, 3.8) is 0 Å². The van der Waals surface area contributed by atoms with Crippen LogP contribution >= 0.6 is 11.6 Å². The van der Waals surface area contributed by atoms with E-state index in [1.165, 1.54) is 0 Å². The van der Waals surface area contributed by atoms with Gasteiger partial charge in [0.2, 0.25) is 5.91 Å². The lowest BCUT2D eigenvalue weighted by atomic mass is 10.1. The average Bonchev–Trinajstić information content (AvgIpc) is 3.20. The van der Waals surface area contributed by atoms with Gasteiger partial charge in [-0.3, -0.25) is 9.59 Å². The summed E-state index contributed by atoms with van der Waals surface area (Å²) in [5.74, 6) is -0.292. The zero-order valence-electron chi connectivity index (χ0n) is 18.8. The van der Waals surface area contributed by atoms with Crippen LogP contribution < -0.4 is 10.2 Å². The molecule has 0 fully saturated rings. The fraction of sp³-hybridized carbons (Fsp3) is 0.143. The zero-order valence-corrected chi connectivity index (χ0v) is 19.5. The molecule has 1 aliphatic rings. The molecule has 3 aromatic carbocycles. The highest BCUT2D eigenvalue weighted by atomic mass is 35.5. The number of anilines is 2. The molecular formula is C28H24ClN3O2. The van der Waals surface area contributed by atoms with Gasteiger partial charge in [-0.15, -0.1) is 0 Å². The number of carbonyl (C=O) groups excluding carboxylic acids is 2. The summed E-state index contributed by atoms with van der Waals surface area (Å²) in [5, 5.41) is 3.20. The number of halogens is 1. The van der Waals surface area contributed by atoms with E-state index in [0.29, 0.717) is 22.8 Å². The Morgan fingerprint density at radius 3 is 2.56 bits per heavy atom. The molecule has 0 bridgehead atoms. The number of benzene rings is 3. The molecule has 4 aromatic rings. The largest absolute Gasteiger partial charge is 0.345 e. The van der Waals surface area contributed by atoms with Gasteiger partial charge in [-0.1, -0.05) is 54.1 Å². The lowest BCUT2D eigenvalue weighted by molar-refractivity contribution is -0.115. The maximum atomic E-state index is 13.6. The first-order valence-electron chi connectivity index (χ1n) is 11.2. The molecule has 5 rings (SSSR count). The van der Waals surface area contributed by atoms with E-state index in [-0.39, 0.29) is 18.2 Å². The van der Waals surface area contributed by atoms with Crippen molar-refractivity contribution in [1.29, 1.82) is 0 Å². The van der Waals surface area contributed by atoms with E-state index in [4.69, 9.17) is 11.6 Å². The third-order valence-corrected chi connectivity index (χ3v) is 6.53. The van der Waals surface area contributed by atoms with E-state index in [2.05, 4.69) is 9.88 Å². The second kappa shape index (κ2) is 9.20. The number of hydrogen-bond acceptors (Lipinski definition) is 2. The van der Waals surface area contributed by atoms with Gasteiger partial charge in [0.05, 0.1) is 23.7 Å². The molecule has 0 atom stereocenters. The van der Waals surface area contributed by atoms with E-state index in [9.17, 15) is 9.59 Å². The van der Waals surface area contributed by atoms with Crippen molar-refractivity contribution in [3.8, 4) is 0 Å². The highest BCUT2D eigenvalue weighted by Crippen LogP contribution is 2.31. The van der Waals surface area contributed by atoms with Gasteiger partial charge in [-0.05, 0) is 60.0 Å².